The summed E-state index contributed by atoms with van der Waals surface area (Å²) in [6, 6.07) is 12.1. The third kappa shape index (κ3) is 3.42. The minimum absolute atomic E-state index is 0.0391. The highest BCUT2D eigenvalue weighted by Gasteiger charge is 2.34. The Morgan fingerprint density at radius 2 is 2.00 bits per heavy atom. The van der Waals surface area contributed by atoms with Gasteiger partial charge in [0.15, 0.2) is 0 Å². The number of aromatic nitrogens is 3. The molecule has 1 aliphatic carbocycles. The van der Waals surface area contributed by atoms with Gasteiger partial charge in [0.2, 0.25) is 0 Å². The molecule has 1 saturated carbocycles. The highest BCUT2D eigenvalue weighted by Crippen LogP contribution is 2.30. The Labute approximate surface area is 160 Å². The summed E-state index contributed by atoms with van der Waals surface area (Å²) in [6.45, 7) is 2.53. The average molecular weight is 411 g/mol. The Hall–Kier alpha value is -2.47. The number of benzene rings is 1. The van der Waals surface area contributed by atoms with Crippen LogP contribution in [0.5, 0.6) is 0 Å². The molecule has 6 heteroatoms. The number of pyridine rings is 1. The van der Waals surface area contributed by atoms with E-state index in [0.717, 1.165) is 34.3 Å². The molecular weight excluding hydrogens is 392 g/mol. The first-order valence-electron chi connectivity index (χ1n) is 8.64. The zero-order valence-corrected chi connectivity index (χ0v) is 16.1. The summed E-state index contributed by atoms with van der Waals surface area (Å²) in [5.41, 5.74) is 3.50. The lowest BCUT2D eigenvalue weighted by atomic mass is 10.2. The molecule has 3 aromatic rings. The molecule has 0 N–H and O–H groups in total. The molecule has 1 amide bonds. The van der Waals surface area contributed by atoms with E-state index in [9.17, 15) is 4.79 Å². The maximum Gasteiger partial charge on any atom is 0.257 e. The third-order valence-corrected chi connectivity index (χ3v) is 5.16. The van der Waals surface area contributed by atoms with Crippen molar-refractivity contribution in [2.24, 2.45) is 0 Å². The molecule has 0 spiro atoms. The number of hydrogen-bond acceptors (Lipinski definition) is 3. The topological polar surface area (TPSA) is 51.0 Å². The van der Waals surface area contributed by atoms with E-state index in [2.05, 4.69) is 26.0 Å². The van der Waals surface area contributed by atoms with Crippen molar-refractivity contribution < 1.29 is 4.79 Å². The van der Waals surface area contributed by atoms with Crippen LogP contribution in [0.15, 0.2) is 59.5 Å². The second-order valence-electron chi connectivity index (χ2n) is 6.56. The van der Waals surface area contributed by atoms with Gasteiger partial charge in [-0.1, -0.05) is 22.0 Å². The van der Waals surface area contributed by atoms with Gasteiger partial charge in [-0.25, -0.2) is 4.68 Å². The molecule has 0 unspecified atom stereocenters. The van der Waals surface area contributed by atoms with E-state index >= 15 is 0 Å². The van der Waals surface area contributed by atoms with Gasteiger partial charge in [0.1, 0.15) is 0 Å². The standard InChI is InChI=1S/C20H19BrN4O/c1-14-19(12-23-25(14)18-6-4-16(21)5-7-18)20(26)24(17-8-9-17)13-15-3-2-10-22-11-15/h2-7,10-12,17H,8-9,13H2,1H3. The summed E-state index contributed by atoms with van der Waals surface area (Å²) in [6.07, 6.45) is 7.37. The van der Waals surface area contributed by atoms with Crippen molar-refractivity contribution in [1.82, 2.24) is 19.7 Å². The summed E-state index contributed by atoms with van der Waals surface area (Å²) in [7, 11) is 0. The predicted molar refractivity (Wildman–Crippen MR) is 103 cm³/mol. The minimum atomic E-state index is 0.0391. The third-order valence-electron chi connectivity index (χ3n) is 4.64. The molecule has 1 fully saturated rings. The molecule has 4 rings (SSSR count). The lowest BCUT2D eigenvalue weighted by molar-refractivity contribution is 0.0729. The van der Waals surface area contributed by atoms with E-state index < -0.39 is 0 Å². The van der Waals surface area contributed by atoms with Crippen molar-refractivity contribution in [2.45, 2.75) is 32.4 Å². The predicted octanol–water partition coefficient (Wildman–Crippen LogP) is 4.14. The lowest BCUT2D eigenvalue weighted by Crippen LogP contribution is -2.33. The molecule has 0 bridgehead atoms. The summed E-state index contributed by atoms with van der Waals surface area (Å²) < 4.78 is 2.83. The molecule has 5 nitrogen and oxygen atoms in total. The fraction of sp³-hybridized carbons (Fsp3) is 0.250. The van der Waals surface area contributed by atoms with Crippen molar-refractivity contribution in [3.05, 3.63) is 76.3 Å². The zero-order valence-electron chi connectivity index (χ0n) is 14.5. The van der Waals surface area contributed by atoms with Crippen LogP contribution in [0.1, 0.15) is 34.5 Å². The SMILES string of the molecule is Cc1c(C(=O)N(Cc2cccnc2)C2CC2)cnn1-c1ccc(Br)cc1. The molecular formula is C20H19BrN4O. The van der Waals surface area contributed by atoms with Gasteiger partial charge in [0, 0.05) is 29.5 Å². The van der Waals surface area contributed by atoms with Crippen molar-refractivity contribution in [3.8, 4) is 5.69 Å². The average Bonchev–Trinajstić information content (AvgIpc) is 3.43. The molecule has 132 valence electrons. The second kappa shape index (κ2) is 7.03. The van der Waals surface area contributed by atoms with Crippen LogP contribution < -0.4 is 0 Å². The fourth-order valence-corrected chi connectivity index (χ4v) is 3.32. The van der Waals surface area contributed by atoms with E-state index in [1.807, 2.05) is 59.1 Å². The van der Waals surface area contributed by atoms with Gasteiger partial charge in [-0.2, -0.15) is 5.10 Å². The van der Waals surface area contributed by atoms with Gasteiger partial charge in [0.05, 0.1) is 23.1 Å². The monoisotopic (exact) mass is 410 g/mol. The van der Waals surface area contributed by atoms with Crippen LogP contribution in [0.3, 0.4) is 0 Å². The number of carbonyl (C=O) groups is 1. The zero-order chi connectivity index (χ0) is 18.1. The van der Waals surface area contributed by atoms with Gasteiger partial charge >= 0.3 is 0 Å². The van der Waals surface area contributed by atoms with Crippen molar-refractivity contribution in [2.75, 3.05) is 0 Å². The van der Waals surface area contributed by atoms with Crippen LogP contribution in [0, 0.1) is 6.92 Å². The number of nitrogens with zero attached hydrogens (tertiary/aromatic N) is 4. The molecule has 2 heterocycles. The smallest absolute Gasteiger partial charge is 0.257 e. The van der Waals surface area contributed by atoms with E-state index in [4.69, 9.17) is 0 Å². The molecule has 2 aromatic heterocycles. The summed E-state index contributed by atoms with van der Waals surface area (Å²) in [5.74, 6) is 0.0391. The maximum absolute atomic E-state index is 13.2. The number of rotatable bonds is 5. The minimum Gasteiger partial charge on any atom is -0.331 e. The largest absolute Gasteiger partial charge is 0.331 e. The Balaban J connectivity index is 1.61. The normalized spacial score (nSPS) is 13.6. The first-order chi connectivity index (χ1) is 12.6. The van der Waals surface area contributed by atoms with E-state index in [1.54, 1.807) is 12.4 Å². The Morgan fingerprint density at radius 3 is 2.65 bits per heavy atom. The number of halogens is 1. The lowest BCUT2D eigenvalue weighted by Gasteiger charge is -2.22. The van der Waals surface area contributed by atoms with Gasteiger partial charge < -0.3 is 4.90 Å². The van der Waals surface area contributed by atoms with Crippen LogP contribution in [0.25, 0.3) is 5.69 Å². The van der Waals surface area contributed by atoms with Gasteiger partial charge in [-0.15, -0.1) is 0 Å². The van der Waals surface area contributed by atoms with Crippen LogP contribution in [0.2, 0.25) is 0 Å². The Morgan fingerprint density at radius 1 is 1.23 bits per heavy atom. The van der Waals surface area contributed by atoms with Gasteiger partial charge in [0.25, 0.3) is 5.91 Å². The van der Waals surface area contributed by atoms with Gasteiger partial charge in [-0.3, -0.25) is 9.78 Å². The number of amides is 1. The fourth-order valence-electron chi connectivity index (χ4n) is 3.06. The van der Waals surface area contributed by atoms with Crippen LogP contribution in [-0.4, -0.2) is 31.6 Å². The molecule has 1 aromatic carbocycles. The van der Waals surface area contributed by atoms with Crippen molar-refractivity contribution in [1.29, 1.82) is 0 Å². The van der Waals surface area contributed by atoms with Crippen LogP contribution in [-0.2, 0) is 6.54 Å². The molecule has 26 heavy (non-hydrogen) atoms. The van der Waals surface area contributed by atoms with Crippen LogP contribution in [0.4, 0.5) is 0 Å². The number of hydrogen-bond donors (Lipinski definition) is 0. The highest BCUT2D eigenvalue weighted by molar-refractivity contribution is 9.10. The summed E-state index contributed by atoms with van der Waals surface area (Å²) in [4.78, 5) is 19.3. The highest BCUT2D eigenvalue weighted by atomic mass is 79.9. The van der Waals surface area contributed by atoms with Crippen LogP contribution >= 0.6 is 15.9 Å². The maximum atomic E-state index is 13.2. The molecule has 0 aliphatic heterocycles. The van der Waals surface area contributed by atoms with E-state index in [1.165, 1.54) is 0 Å². The Kier molecular flexibility index (Phi) is 4.59. The van der Waals surface area contributed by atoms with E-state index in [-0.39, 0.29) is 5.91 Å². The van der Waals surface area contributed by atoms with Crippen molar-refractivity contribution >= 4 is 21.8 Å². The van der Waals surface area contributed by atoms with Gasteiger partial charge in [-0.05, 0) is 55.7 Å². The summed E-state index contributed by atoms with van der Waals surface area (Å²) >= 11 is 3.44. The Bertz CT molecular complexity index is 917. The van der Waals surface area contributed by atoms with E-state index in [0.29, 0.717) is 18.2 Å². The second-order valence-corrected chi connectivity index (χ2v) is 7.47. The number of carbonyl (C=O) groups excluding carboxylic acids is 1. The molecule has 0 atom stereocenters. The first-order valence-corrected chi connectivity index (χ1v) is 9.43. The molecule has 0 radical (unpaired) electrons. The quantitative estimate of drug-likeness (QED) is 0.634. The molecule has 0 saturated heterocycles. The summed E-state index contributed by atoms with van der Waals surface area (Å²) in [5, 5.41) is 4.45. The first kappa shape index (κ1) is 17.0. The molecule has 1 aliphatic rings. The van der Waals surface area contributed by atoms with Crippen molar-refractivity contribution in [3.63, 3.8) is 0 Å².